The Morgan fingerprint density at radius 3 is 2.55 bits per heavy atom. The second-order valence-corrected chi connectivity index (χ2v) is 3.13. The number of hydrogen-bond donors (Lipinski definition) is 3. The minimum absolute atomic E-state index is 0.495. The Bertz CT molecular complexity index is 263. The van der Waals surface area contributed by atoms with Gasteiger partial charge in [-0.2, -0.15) is 0 Å². The maximum absolute atomic E-state index is 8.98. The van der Waals surface area contributed by atoms with Gasteiger partial charge in [-0.15, -0.1) is 0 Å². The van der Waals surface area contributed by atoms with Crippen molar-refractivity contribution in [3.05, 3.63) is 28.2 Å². The Balaban J connectivity index is 3.09. The number of aliphatic hydroxyl groups is 1. The first-order valence-electron chi connectivity index (χ1n) is 3.10. The third kappa shape index (κ3) is 1.92. The predicted molar refractivity (Wildman–Crippen MR) is 47.7 cm³/mol. The van der Waals surface area contributed by atoms with Crippen molar-refractivity contribution in [3.63, 3.8) is 0 Å². The smallest absolute Gasteiger partial charge is 0.130 e. The van der Waals surface area contributed by atoms with Crippen LogP contribution in [-0.2, 0) is 0 Å². The average Bonchev–Trinajstić information content (AvgIpc) is 1.85. The fourth-order valence-corrected chi connectivity index (χ4v) is 1.19. The molecule has 0 radical (unpaired) electrons. The fourth-order valence-electron chi connectivity index (χ4n) is 0.815. The molecular weight excluding hydrogens is 208 g/mol. The van der Waals surface area contributed by atoms with E-state index in [1.807, 2.05) is 0 Å². The molecule has 0 aliphatic heterocycles. The molecule has 0 aromatic heterocycles. The van der Waals surface area contributed by atoms with Crippen molar-refractivity contribution < 1.29 is 5.11 Å². The van der Waals surface area contributed by atoms with E-state index < -0.39 is 6.23 Å². The van der Waals surface area contributed by atoms with Gasteiger partial charge in [-0.3, -0.25) is 0 Å². The largest absolute Gasteiger partial charge is 0.398 e. The molecule has 1 rings (SSSR count). The maximum Gasteiger partial charge on any atom is 0.130 e. The molecule has 4 heteroatoms. The van der Waals surface area contributed by atoms with Crippen LogP contribution >= 0.6 is 15.9 Å². The summed E-state index contributed by atoms with van der Waals surface area (Å²) >= 11 is 3.24. The molecule has 0 aliphatic carbocycles. The van der Waals surface area contributed by atoms with E-state index in [-0.39, 0.29) is 0 Å². The van der Waals surface area contributed by atoms with Crippen LogP contribution in [0, 0.1) is 0 Å². The molecule has 0 fully saturated rings. The standard InChI is InChI=1S/C7H9BrN2O/c8-4-1-2-5(7(10)11)6(9)3-4/h1-3,7,11H,9-10H2. The van der Waals surface area contributed by atoms with E-state index in [0.717, 1.165) is 4.47 Å². The van der Waals surface area contributed by atoms with Gasteiger partial charge in [0.05, 0.1) is 0 Å². The highest BCUT2D eigenvalue weighted by Crippen LogP contribution is 2.21. The van der Waals surface area contributed by atoms with Gasteiger partial charge in [-0.05, 0) is 12.1 Å². The van der Waals surface area contributed by atoms with Crippen LogP contribution in [0.25, 0.3) is 0 Å². The fraction of sp³-hybridized carbons (Fsp3) is 0.143. The van der Waals surface area contributed by atoms with Gasteiger partial charge in [0.1, 0.15) is 6.23 Å². The number of aliphatic hydroxyl groups excluding tert-OH is 1. The van der Waals surface area contributed by atoms with Crippen molar-refractivity contribution >= 4 is 21.6 Å². The van der Waals surface area contributed by atoms with Crippen molar-refractivity contribution in [1.82, 2.24) is 0 Å². The molecule has 0 aliphatic rings. The molecule has 3 nitrogen and oxygen atoms in total. The highest BCUT2D eigenvalue weighted by molar-refractivity contribution is 9.10. The Morgan fingerprint density at radius 2 is 2.09 bits per heavy atom. The molecule has 1 aromatic rings. The number of anilines is 1. The minimum Gasteiger partial charge on any atom is -0.398 e. The summed E-state index contributed by atoms with van der Waals surface area (Å²) in [5, 5.41) is 8.98. The highest BCUT2D eigenvalue weighted by atomic mass is 79.9. The second kappa shape index (κ2) is 3.21. The molecule has 1 atom stereocenters. The van der Waals surface area contributed by atoms with Crippen LogP contribution in [0.4, 0.5) is 5.69 Å². The van der Waals surface area contributed by atoms with E-state index in [9.17, 15) is 0 Å². The monoisotopic (exact) mass is 216 g/mol. The molecule has 0 amide bonds. The normalized spacial score (nSPS) is 13.0. The van der Waals surface area contributed by atoms with Crippen molar-refractivity contribution in [2.45, 2.75) is 6.23 Å². The number of benzene rings is 1. The first-order chi connectivity index (χ1) is 5.11. The lowest BCUT2D eigenvalue weighted by atomic mass is 10.1. The van der Waals surface area contributed by atoms with E-state index in [2.05, 4.69) is 15.9 Å². The molecule has 1 unspecified atom stereocenters. The third-order valence-corrected chi connectivity index (χ3v) is 1.86. The lowest BCUT2D eigenvalue weighted by molar-refractivity contribution is 0.187. The van der Waals surface area contributed by atoms with E-state index in [1.165, 1.54) is 0 Å². The highest BCUT2D eigenvalue weighted by Gasteiger charge is 2.04. The summed E-state index contributed by atoms with van der Waals surface area (Å²) in [5.74, 6) is 0. The number of halogens is 1. The Labute approximate surface area is 73.1 Å². The third-order valence-electron chi connectivity index (χ3n) is 1.37. The molecule has 0 saturated carbocycles. The summed E-state index contributed by atoms with van der Waals surface area (Å²) in [4.78, 5) is 0. The Morgan fingerprint density at radius 1 is 1.45 bits per heavy atom. The zero-order chi connectivity index (χ0) is 8.43. The number of nitrogen functional groups attached to an aromatic ring is 1. The summed E-state index contributed by atoms with van der Waals surface area (Å²) < 4.78 is 0.874. The van der Waals surface area contributed by atoms with E-state index in [4.69, 9.17) is 16.6 Å². The zero-order valence-electron chi connectivity index (χ0n) is 5.79. The molecule has 0 spiro atoms. The first-order valence-corrected chi connectivity index (χ1v) is 3.89. The van der Waals surface area contributed by atoms with Crippen molar-refractivity contribution in [2.75, 3.05) is 5.73 Å². The van der Waals surface area contributed by atoms with E-state index in [1.54, 1.807) is 18.2 Å². The van der Waals surface area contributed by atoms with Crippen LogP contribution in [0.3, 0.4) is 0 Å². The Kier molecular flexibility index (Phi) is 2.49. The lowest BCUT2D eigenvalue weighted by Crippen LogP contribution is -2.10. The summed E-state index contributed by atoms with van der Waals surface area (Å²) in [7, 11) is 0. The zero-order valence-corrected chi connectivity index (χ0v) is 7.38. The molecular formula is C7H9BrN2O. The molecule has 5 N–H and O–H groups in total. The van der Waals surface area contributed by atoms with Gasteiger partial charge >= 0.3 is 0 Å². The van der Waals surface area contributed by atoms with Gasteiger partial charge in [0.25, 0.3) is 0 Å². The van der Waals surface area contributed by atoms with Gasteiger partial charge in [-0.25, -0.2) is 0 Å². The van der Waals surface area contributed by atoms with Crippen LogP contribution in [0.1, 0.15) is 11.8 Å². The van der Waals surface area contributed by atoms with Gasteiger partial charge in [0.15, 0.2) is 0 Å². The van der Waals surface area contributed by atoms with Crippen molar-refractivity contribution in [3.8, 4) is 0 Å². The molecule has 0 heterocycles. The van der Waals surface area contributed by atoms with E-state index >= 15 is 0 Å². The molecule has 0 bridgehead atoms. The van der Waals surface area contributed by atoms with Crippen LogP contribution in [0.2, 0.25) is 0 Å². The lowest BCUT2D eigenvalue weighted by Gasteiger charge is -2.07. The van der Waals surface area contributed by atoms with Crippen molar-refractivity contribution in [1.29, 1.82) is 0 Å². The van der Waals surface area contributed by atoms with E-state index in [0.29, 0.717) is 11.3 Å². The molecule has 11 heavy (non-hydrogen) atoms. The van der Waals surface area contributed by atoms with Gasteiger partial charge in [0.2, 0.25) is 0 Å². The van der Waals surface area contributed by atoms with Crippen LogP contribution in [0.15, 0.2) is 22.7 Å². The number of nitrogens with two attached hydrogens (primary N) is 2. The minimum atomic E-state index is -0.997. The SMILES string of the molecule is Nc1cc(Br)ccc1C(N)O. The van der Waals surface area contributed by atoms with Gasteiger partial charge in [-0.1, -0.05) is 22.0 Å². The summed E-state index contributed by atoms with van der Waals surface area (Å²) in [6.07, 6.45) is -0.997. The quantitative estimate of drug-likeness (QED) is 0.485. The summed E-state index contributed by atoms with van der Waals surface area (Å²) in [6.45, 7) is 0. The maximum atomic E-state index is 8.98. The Hall–Kier alpha value is -0.580. The van der Waals surface area contributed by atoms with Crippen LogP contribution in [0.5, 0.6) is 0 Å². The topological polar surface area (TPSA) is 72.3 Å². The van der Waals surface area contributed by atoms with Crippen LogP contribution in [-0.4, -0.2) is 5.11 Å². The molecule has 0 saturated heterocycles. The van der Waals surface area contributed by atoms with Gasteiger partial charge in [0, 0.05) is 15.7 Å². The molecule has 60 valence electrons. The number of rotatable bonds is 1. The summed E-state index contributed by atoms with van der Waals surface area (Å²) in [5.41, 5.74) is 11.8. The second-order valence-electron chi connectivity index (χ2n) is 2.22. The molecule has 1 aromatic carbocycles. The average molecular weight is 217 g/mol. The summed E-state index contributed by atoms with van der Waals surface area (Å²) in [6, 6.07) is 5.16. The number of hydrogen-bond acceptors (Lipinski definition) is 3. The van der Waals surface area contributed by atoms with Crippen LogP contribution < -0.4 is 11.5 Å². The predicted octanol–water partition coefficient (Wildman–Crippen LogP) is 0.981. The van der Waals surface area contributed by atoms with Gasteiger partial charge < -0.3 is 16.6 Å². The van der Waals surface area contributed by atoms with Crippen molar-refractivity contribution in [2.24, 2.45) is 5.73 Å². The first kappa shape index (κ1) is 8.52.